The summed E-state index contributed by atoms with van der Waals surface area (Å²) in [5.74, 6) is 1.17. The molecule has 0 aliphatic carbocycles. The molecule has 0 bridgehead atoms. The van der Waals surface area contributed by atoms with Gasteiger partial charge in [-0.1, -0.05) is 77.6 Å². The van der Waals surface area contributed by atoms with Crippen molar-refractivity contribution in [2.24, 2.45) is 0 Å². The molecule has 25 heavy (non-hydrogen) atoms. The van der Waals surface area contributed by atoms with Gasteiger partial charge >= 0.3 is 0 Å². The lowest BCUT2D eigenvalue weighted by atomic mass is 10.1. The number of anilines is 1. The summed E-state index contributed by atoms with van der Waals surface area (Å²) >= 11 is 1.92. The van der Waals surface area contributed by atoms with Crippen LogP contribution in [0, 0.1) is 0 Å². The maximum absolute atomic E-state index is 11.0. The molecule has 0 saturated carbocycles. The van der Waals surface area contributed by atoms with E-state index in [-0.39, 0.29) is 5.91 Å². The van der Waals surface area contributed by atoms with E-state index in [1.54, 1.807) is 0 Å². The zero-order valence-corrected chi connectivity index (χ0v) is 17.1. The van der Waals surface area contributed by atoms with Gasteiger partial charge < -0.3 is 5.32 Å². The number of hydrogen-bond donors (Lipinski definition) is 1. The monoisotopic (exact) mass is 363 g/mol. The van der Waals surface area contributed by atoms with Gasteiger partial charge in [0, 0.05) is 17.5 Å². The first-order valence-corrected chi connectivity index (χ1v) is 11.2. The predicted molar refractivity (Wildman–Crippen MR) is 113 cm³/mol. The minimum atomic E-state index is -0.0168. The highest BCUT2D eigenvalue weighted by Crippen LogP contribution is 2.22. The molecule has 0 aliphatic heterocycles. The second kappa shape index (κ2) is 15.3. The van der Waals surface area contributed by atoms with Gasteiger partial charge in [-0.3, -0.25) is 4.79 Å². The first-order valence-electron chi connectivity index (χ1n) is 10.2. The Morgan fingerprint density at radius 1 is 0.800 bits per heavy atom. The Bertz CT molecular complexity index is 444. The highest BCUT2D eigenvalue weighted by atomic mass is 32.2. The molecule has 2 nitrogen and oxygen atoms in total. The lowest BCUT2D eigenvalue weighted by Gasteiger charge is -2.05. The molecule has 0 heterocycles. The minimum absolute atomic E-state index is 0.0168. The summed E-state index contributed by atoms with van der Waals surface area (Å²) in [5, 5.41) is 2.80. The highest BCUT2D eigenvalue weighted by molar-refractivity contribution is 7.99. The predicted octanol–water partition coefficient (Wildman–Crippen LogP) is 7.44. The highest BCUT2D eigenvalue weighted by Gasteiger charge is 1.98. The smallest absolute Gasteiger partial charge is 0.221 e. The Balaban J connectivity index is 1.89. The van der Waals surface area contributed by atoms with Crippen molar-refractivity contribution in [3.63, 3.8) is 0 Å². The van der Waals surface area contributed by atoms with Crippen molar-refractivity contribution in [1.82, 2.24) is 0 Å². The standard InChI is InChI=1S/C22H37NOS/c1-3-4-5-6-7-8-9-10-11-12-13-14-19-25-22-17-15-21(16-18-22)23-20(2)24/h15-18H,3-14,19H2,1-2H3,(H,23,24). The first-order chi connectivity index (χ1) is 12.2. The lowest BCUT2D eigenvalue weighted by Crippen LogP contribution is -2.05. The molecule has 1 rings (SSSR count). The van der Waals surface area contributed by atoms with Crippen LogP contribution in [-0.4, -0.2) is 11.7 Å². The van der Waals surface area contributed by atoms with Crippen LogP contribution in [0.2, 0.25) is 0 Å². The van der Waals surface area contributed by atoms with Gasteiger partial charge in [0.05, 0.1) is 0 Å². The van der Waals surface area contributed by atoms with Gasteiger partial charge in [0.15, 0.2) is 0 Å². The topological polar surface area (TPSA) is 29.1 Å². The van der Waals surface area contributed by atoms with Gasteiger partial charge in [-0.15, -0.1) is 11.8 Å². The average molecular weight is 364 g/mol. The van der Waals surface area contributed by atoms with E-state index in [1.807, 2.05) is 23.9 Å². The number of benzene rings is 1. The van der Waals surface area contributed by atoms with Gasteiger partial charge in [-0.2, -0.15) is 0 Å². The molecule has 0 unspecified atom stereocenters. The first kappa shape index (κ1) is 22.1. The Morgan fingerprint density at radius 3 is 1.76 bits per heavy atom. The molecular weight excluding hydrogens is 326 g/mol. The summed E-state index contributed by atoms with van der Waals surface area (Å²) in [4.78, 5) is 12.3. The fraction of sp³-hybridized carbons (Fsp3) is 0.682. The fourth-order valence-electron chi connectivity index (χ4n) is 2.97. The second-order valence-electron chi connectivity index (χ2n) is 6.94. The molecule has 0 aromatic heterocycles. The van der Waals surface area contributed by atoms with Gasteiger partial charge in [0.2, 0.25) is 5.91 Å². The minimum Gasteiger partial charge on any atom is -0.326 e. The van der Waals surface area contributed by atoms with E-state index >= 15 is 0 Å². The third kappa shape index (κ3) is 13.0. The molecule has 1 aromatic carbocycles. The number of nitrogens with one attached hydrogen (secondary N) is 1. The van der Waals surface area contributed by atoms with E-state index in [1.165, 1.54) is 94.6 Å². The van der Waals surface area contributed by atoms with Crippen molar-refractivity contribution in [2.75, 3.05) is 11.1 Å². The van der Waals surface area contributed by atoms with Gasteiger partial charge in [-0.05, 0) is 36.4 Å². The number of unbranched alkanes of at least 4 members (excludes halogenated alkanes) is 11. The van der Waals surface area contributed by atoms with Crippen molar-refractivity contribution < 1.29 is 4.79 Å². The number of thioether (sulfide) groups is 1. The third-order valence-electron chi connectivity index (χ3n) is 4.44. The maximum atomic E-state index is 11.0. The Morgan fingerprint density at radius 2 is 1.28 bits per heavy atom. The van der Waals surface area contributed by atoms with Crippen molar-refractivity contribution in [3.05, 3.63) is 24.3 Å². The van der Waals surface area contributed by atoms with Crippen LogP contribution in [0.3, 0.4) is 0 Å². The molecule has 1 aromatic rings. The normalized spacial score (nSPS) is 10.8. The van der Waals surface area contributed by atoms with E-state index in [9.17, 15) is 4.79 Å². The van der Waals surface area contributed by atoms with E-state index in [4.69, 9.17) is 0 Å². The lowest BCUT2D eigenvalue weighted by molar-refractivity contribution is -0.114. The molecule has 0 saturated heterocycles. The van der Waals surface area contributed by atoms with Crippen LogP contribution in [0.15, 0.2) is 29.2 Å². The summed E-state index contributed by atoms with van der Waals surface area (Å²) in [7, 11) is 0. The fourth-order valence-corrected chi connectivity index (χ4v) is 3.88. The van der Waals surface area contributed by atoms with Crippen LogP contribution in [0.4, 0.5) is 5.69 Å². The molecule has 0 atom stereocenters. The molecule has 1 amide bonds. The van der Waals surface area contributed by atoms with Crippen LogP contribution in [-0.2, 0) is 4.79 Å². The number of amides is 1. The van der Waals surface area contributed by atoms with E-state index < -0.39 is 0 Å². The quantitative estimate of drug-likeness (QED) is 0.259. The second-order valence-corrected chi connectivity index (χ2v) is 8.11. The van der Waals surface area contributed by atoms with Crippen molar-refractivity contribution in [3.8, 4) is 0 Å². The summed E-state index contributed by atoms with van der Waals surface area (Å²) < 4.78 is 0. The van der Waals surface area contributed by atoms with Crippen molar-refractivity contribution >= 4 is 23.4 Å². The molecular formula is C22H37NOS. The van der Waals surface area contributed by atoms with Crippen LogP contribution in [0.5, 0.6) is 0 Å². The molecule has 0 aliphatic rings. The molecule has 0 fully saturated rings. The van der Waals surface area contributed by atoms with E-state index in [2.05, 4.69) is 24.4 Å². The van der Waals surface area contributed by atoms with E-state index in [0.717, 1.165) is 5.69 Å². The van der Waals surface area contributed by atoms with Crippen LogP contribution >= 0.6 is 11.8 Å². The zero-order valence-electron chi connectivity index (χ0n) is 16.3. The Hall–Kier alpha value is -0.960. The molecule has 0 radical (unpaired) electrons. The average Bonchev–Trinajstić information content (AvgIpc) is 2.60. The molecule has 142 valence electrons. The van der Waals surface area contributed by atoms with E-state index in [0.29, 0.717) is 0 Å². The van der Waals surface area contributed by atoms with Crippen LogP contribution in [0.1, 0.15) is 90.9 Å². The Labute approximate surface area is 159 Å². The van der Waals surface area contributed by atoms with Gasteiger partial charge in [-0.25, -0.2) is 0 Å². The summed E-state index contributed by atoms with van der Waals surface area (Å²) in [6, 6.07) is 8.14. The van der Waals surface area contributed by atoms with Gasteiger partial charge in [0.25, 0.3) is 0 Å². The molecule has 1 N–H and O–H groups in total. The summed E-state index contributed by atoms with van der Waals surface area (Å²) in [6.45, 7) is 3.82. The van der Waals surface area contributed by atoms with Crippen molar-refractivity contribution in [2.45, 2.75) is 95.8 Å². The van der Waals surface area contributed by atoms with Crippen molar-refractivity contribution in [1.29, 1.82) is 0 Å². The summed E-state index contributed by atoms with van der Waals surface area (Å²) in [5.41, 5.74) is 0.877. The maximum Gasteiger partial charge on any atom is 0.221 e. The Kier molecular flexibility index (Phi) is 13.5. The number of carbonyl (C=O) groups is 1. The van der Waals surface area contributed by atoms with Crippen LogP contribution < -0.4 is 5.32 Å². The van der Waals surface area contributed by atoms with Crippen LogP contribution in [0.25, 0.3) is 0 Å². The number of rotatable bonds is 15. The molecule has 0 spiro atoms. The largest absolute Gasteiger partial charge is 0.326 e. The number of carbonyl (C=O) groups excluding carboxylic acids is 1. The third-order valence-corrected chi connectivity index (χ3v) is 5.54. The summed E-state index contributed by atoms with van der Waals surface area (Å²) in [6.07, 6.45) is 16.8. The molecule has 3 heteroatoms. The van der Waals surface area contributed by atoms with Gasteiger partial charge in [0.1, 0.15) is 0 Å². The SMILES string of the molecule is CCCCCCCCCCCCCCSc1ccc(NC(C)=O)cc1. The number of hydrogen-bond acceptors (Lipinski definition) is 2. The zero-order chi connectivity index (χ0) is 18.2.